The normalized spacial score (nSPS) is 10.6. The lowest BCUT2D eigenvalue weighted by Crippen LogP contribution is -2.14. The van der Waals surface area contributed by atoms with Crippen LogP contribution in [0, 0.1) is 11.3 Å². The molecule has 2 heterocycles. The summed E-state index contributed by atoms with van der Waals surface area (Å²) in [5, 5.41) is 25.7. The van der Waals surface area contributed by atoms with Gasteiger partial charge in [0.2, 0.25) is 5.95 Å². The number of hydrogen-bond acceptors (Lipinski definition) is 6. The predicted molar refractivity (Wildman–Crippen MR) is 105 cm³/mol. The van der Waals surface area contributed by atoms with Crippen molar-refractivity contribution < 1.29 is 9.90 Å². The lowest BCUT2D eigenvalue weighted by molar-refractivity contribution is 0.0697. The molecule has 4 rings (SSSR count). The lowest BCUT2D eigenvalue weighted by Gasteiger charge is -2.09. The van der Waals surface area contributed by atoms with Crippen LogP contribution in [0.4, 0.5) is 5.69 Å². The van der Waals surface area contributed by atoms with E-state index < -0.39 is 5.97 Å². The quantitative estimate of drug-likeness (QED) is 0.478. The third kappa shape index (κ3) is 3.54. The highest BCUT2D eigenvalue weighted by Gasteiger charge is 2.11. The second-order valence-corrected chi connectivity index (χ2v) is 6.22. The Balaban J connectivity index is 1.63. The Labute approximate surface area is 163 Å². The molecule has 9 heteroatoms. The maximum Gasteiger partial charge on any atom is 0.338 e. The molecule has 3 N–H and O–H groups in total. The van der Waals surface area contributed by atoms with E-state index in [4.69, 9.17) is 5.11 Å². The van der Waals surface area contributed by atoms with Gasteiger partial charge in [-0.3, -0.25) is 9.78 Å². The molecule has 0 aliphatic rings. The number of nitrogens with one attached hydrogen (secondary N) is 2. The summed E-state index contributed by atoms with van der Waals surface area (Å²) in [7, 11) is 0. The monoisotopic (exact) mass is 386 g/mol. The Morgan fingerprint density at radius 2 is 2.10 bits per heavy atom. The van der Waals surface area contributed by atoms with E-state index in [0.717, 1.165) is 5.56 Å². The molecule has 0 spiro atoms. The molecular weight excluding hydrogens is 372 g/mol. The summed E-state index contributed by atoms with van der Waals surface area (Å²) < 4.78 is 1.20. The average Bonchev–Trinajstić information content (AvgIpc) is 3.23. The molecule has 0 fully saturated rings. The topological polar surface area (TPSA) is 137 Å². The fourth-order valence-corrected chi connectivity index (χ4v) is 2.87. The number of aromatic carboxylic acids is 1. The zero-order valence-corrected chi connectivity index (χ0v) is 15.0. The summed E-state index contributed by atoms with van der Waals surface area (Å²) in [6.45, 7) is 0.434. The van der Waals surface area contributed by atoms with Crippen molar-refractivity contribution in [1.82, 2.24) is 19.7 Å². The van der Waals surface area contributed by atoms with Crippen LogP contribution in [0.15, 0.2) is 59.7 Å². The van der Waals surface area contributed by atoms with E-state index in [1.165, 1.54) is 17.1 Å². The molecule has 142 valence electrons. The zero-order valence-electron chi connectivity index (χ0n) is 15.0. The zero-order chi connectivity index (χ0) is 20.4. The van der Waals surface area contributed by atoms with Crippen molar-refractivity contribution in [2.75, 3.05) is 5.32 Å². The van der Waals surface area contributed by atoms with Crippen molar-refractivity contribution in [2.45, 2.75) is 6.54 Å². The third-order valence-corrected chi connectivity index (χ3v) is 4.36. The first-order chi connectivity index (χ1) is 14.0. The molecule has 2 aromatic carbocycles. The van der Waals surface area contributed by atoms with Crippen molar-refractivity contribution in [2.24, 2.45) is 0 Å². The van der Waals surface area contributed by atoms with Crippen molar-refractivity contribution in [3.8, 4) is 12.0 Å². The van der Waals surface area contributed by atoms with E-state index in [1.807, 2.05) is 12.1 Å². The summed E-state index contributed by atoms with van der Waals surface area (Å²) in [6, 6.07) is 14.6. The van der Waals surface area contributed by atoms with Crippen LogP contribution in [0.25, 0.3) is 16.9 Å². The minimum absolute atomic E-state index is 0.00931. The van der Waals surface area contributed by atoms with E-state index in [-0.39, 0.29) is 17.1 Å². The number of carbonyl (C=O) groups is 1. The van der Waals surface area contributed by atoms with Crippen LogP contribution in [0.5, 0.6) is 0 Å². The molecular formula is C20H14N6O3. The minimum Gasteiger partial charge on any atom is -0.478 e. The number of anilines is 1. The number of carboxylic acid groups (broad SMARTS) is 1. The number of H-pyrrole nitrogens is 1. The van der Waals surface area contributed by atoms with Crippen LogP contribution in [0.3, 0.4) is 0 Å². The third-order valence-electron chi connectivity index (χ3n) is 4.36. The first kappa shape index (κ1) is 17.9. The summed E-state index contributed by atoms with van der Waals surface area (Å²) in [5.74, 6) is -0.994. The highest BCUT2D eigenvalue weighted by Crippen LogP contribution is 2.17. The van der Waals surface area contributed by atoms with Gasteiger partial charge >= 0.3 is 5.97 Å². The Bertz CT molecular complexity index is 1330. The number of hydrogen-bond donors (Lipinski definition) is 3. The largest absolute Gasteiger partial charge is 0.478 e. The molecule has 0 atom stereocenters. The van der Waals surface area contributed by atoms with Gasteiger partial charge in [0.1, 0.15) is 0 Å². The van der Waals surface area contributed by atoms with Gasteiger partial charge in [-0.05, 0) is 29.8 Å². The first-order valence-corrected chi connectivity index (χ1v) is 8.59. The second kappa shape index (κ2) is 7.28. The Hall–Kier alpha value is -4.45. The summed E-state index contributed by atoms with van der Waals surface area (Å²) in [4.78, 5) is 30.5. The first-order valence-electron chi connectivity index (χ1n) is 8.59. The number of carboxylic acids is 1. The van der Waals surface area contributed by atoms with Crippen LogP contribution >= 0.6 is 0 Å². The molecule has 0 bridgehead atoms. The fourth-order valence-electron chi connectivity index (χ4n) is 2.87. The van der Waals surface area contributed by atoms with Gasteiger partial charge in [-0.15, -0.1) is 0 Å². The van der Waals surface area contributed by atoms with Gasteiger partial charge < -0.3 is 10.4 Å². The van der Waals surface area contributed by atoms with Crippen molar-refractivity contribution in [1.29, 1.82) is 5.26 Å². The molecule has 0 radical (unpaired) electrons. The van der Waals surface area contributed by atoms with E-state index in [9.17, 15) is 14.9 Å². The lowest BCUT2D eigenvalue weighted by atomic mass is 10.1. The second-order valence-electron chi connectivity index (χ2n) is 6.22. The molecule has 9 nitrogen and oxygen atoms in total. The van der Waals surface area contributed by atoms with Gasteiger partial charge in [0.05, 0.1) is 34.3 Å². The molecule has 4 aromatic rings. The van der Waals surface area contributed by atoms with Crippen LogP contribution < -0.4 is 10.9 Å². The van der Waals surface area contributed by atoms with E-state index >= 15 is 0 Å². The minimum atomic E-state index is -1.12. The van der Waals surface area contributed by atoms with E-state index in [0.29, 0.717) is 28.7 Å². The van der Waals surface area contributed by atoms with Gasteiger partial charge in [0, 0.05) is 18.4 Å². The standard InChI is InChI=1S/C20H14N6O3/c21-8-12-3-1-2-4-13(12)9-22-15-5-6-17-16(7-15)18(27)25-20(24-17)26-11-14(10-23-26)19(28)29/h1-7,10-11,22H,9H2,(H,28,29)(H,24,25,27). The van der Waals surface area contributed by atoms with Crippen LogP contribution in [-0.4, -0.2) is 30.8 Å². The Morgan fingerprint density at radius 1 is 1.28 bits per heavy atom. The Kier molecular flexibility index (Phi) is 4.50. The number of rotatable bonds is 5. The fraction of sp³-hybridized carbons (Fsp3) is 0.0500. The predicted octanol–water partition coefficient (Wildman–Crippen LogP) is 2.29. The maximum atomic E-state index is 12.5. The molecule has 0 amide bonds. The van der Waals surface area contributed by atoms with Crippen molar-refractivity contribution in [3.05, 3.63) is 81.9 Å². The highest BCUT2D eigenvalue weighted by molar-refractivity contribution is 5.87. The number of nitrogens with zero attached hydrogens (tertiary/aromatic N) is 4. The summed E-state index contributed by atoms with van der Waals surface area (Å²) in [5.41, 5.74) is 2.20. The molecule has 0 saturated heterocycles. The highest BCUT2D eigenvalue weighted by atomic mass is 16.4. The number of fused-ring (bicyclic) bond motifs is 1. The molecule has 2 aromatic heterocycles. The molecule has 29 heavy (non-hydrogen) atoms. The SMILES string of the molecule is N#Cc1ccccc1CNc1ccc2nc(-n3cc(C(=O)O)cn3)[nH]c(=O)c2c1. The molecule has 0 aliphatic carbocycles. The van der Waals surface area contributed by atoms with E-state index in [1.54, 1.807) is 30.3 Å². The van der Waals surface area contributed by atoms with E-state index in [2.05, 4.69) is 26.5 Å². The van der Waals surface area contributed by atoms with Gasteiger partial charge in [0.15, 0.2) is 0 Å². The Morgan fingerprint density at radius 3 is 2.86 bits per heavy atom. The maximum absolute atomic E-state index is 12.5. The number of benzene rings is 2. The number of nitriles is 1. The molecule has 0 aliphatic heterocycles. The molecule has 0 unspecified atom stereocenters. The van der Waals surface area contributed by atoms with Crippen LogP contribution in [0.2, 0.25) is 0 Å². The van der Waals surface area contributed by atoms with Gasteiger partial charge in [0.25, 0.3) is 5.56 Å². The number of aromatic amines is 1. The average molecular weight is 386 g/mol. The molecule has 0 saturated carbocycles. The van der Waals surface area contributed by atoms with Crippen LogP contribution in [-0.2, 0) is 6.54 Å². The number of aromatic nitrogens is 4. The van der Waals surface area contributed by atoms with Gasteiger partial charge in [-0.25, -0.2) is 14.5 Å². The van der Waals surface area contributed by atoms with Gasteiger partial charge in [-0.2, -0.15) is 10.4 Å². The summed E-state index contributed by atoms with van der Waals surface area (Å²) >= 11 is 0. The smallest absolute Gasteiger partial charge is 0.338 e. The van der Waals surface area contributed by atoms with Gasteiger partial charge in [-0.1, -0.05) is 18.2 Å². The van der Waals surface area contributed by atoms with Crippen molar-refractivity contribution in [3.63, 3.8) is 0 Å². The summed E-state index contributed by atoms with van der Waals surface area (Å²) in [6.07, 6.45) is 2.45. The van der Waals surface area contributed by atoms with Crippen LogP contribution in [0.1, 0.15) is 21.5 Å². The van der Waals surface area contributed by atoms with Crippen molar-refractivity contribution >= 4 is 22.6 Å².